The fourth-order valence-corrected chi connectivity index (χ4v) is 2.08. The molecule has 0 saturated carbocycles. The number of aliphatic hydroxyl groups excluding tert-OH is 2. The van der Waals surface area contributed by atoms with E-state index < -0.39 is 10.4 Å². The van der Waals surface area contributed by atoms with Crippen molar-refractivity contribution in [3.8, 4) is 0 Å². The second-order valence-corrected chi connectivity index (χ2v) is 5.97. The Morgan fingerprint density at radius 3 is 1.48 bits per heavy atom. The molecule has 0 aliphatic rings. The molecule has 0 rings (SSSR count). The lowest BCUT2D eigenvalue weighted by atomic mass is 10.1. The van der Waals surface area contributed by atoms with Crippen LogP contribution >= 0.6 is 0 Å². The zero-order valence-electron chi connectivity index (χ0n) is 13.2. The predicted molar refractivity (Wildman–Crippen MR) is 83.5 cm³/mol. The van der Waals surface area contributed by atoms with E-state index in [1.807, 2.05) is 0 Å². The molecule has 0 aliphatic carbocycles. The minimum atomic E-state index is -4.23. The molecule has 0 aromatic carbocycles. The molecular weight excluding hydrogens is 296 g/mol. The molecule has 6 nitrogen and oxygen atoms in total. The second-order valence-electron chi connectivity index (χ2n) is 4.88. The Kier molecular flexibility index (Phi) is 19.6. The summed E-state index contributed by atoms with van der Waals surface area (Å²) in [6.45, 7) is 2.06. The SMILES string of the molecule is CCCCCCCCCCCCOS(=O)(=O)O.OCCO. The summed E-state index contributed by atoms with van der Waals surface area (Å²) in [6, 6.07) is 0. The van der Waals surface area contributed by atoms with E-state index in [-0.39, 0.29) is 19.8 Å². The van der Waals surface area contributed by atoms with Crippen molar-refractivity contribution in [1.82, 2.24) is 0 Å². The van der Waals surface area contributed by atoms with E-state index in [1.54, 1.807) is 0 Å². The second kappa shape index (κ2) is 17.8. The first kappa shape index (κ1) is 23.1. The molecule has 0 atom stereocenters. The van der Waals surface area contributed by atoms with Gasteiger partial charge in [0, 0.05) is 0 Å². The number of aliphatic hydroxyl groups is 2. The highest BCUT2D eigenvalue weighted by molar-refractivity contribution is 7.80. The van der Waals surface area contributed by atoms with Crippen LogP contribution in [0.5, 0.6) is 0 Å². The Morgan fingerprint density at radius 1 is 0.762 bits per heavy atom. The average molecular weight is 328 g/mol. The summed E-state index contributed by atoms with van der Waals surface area (Å²) in [4.78, 5) is 0. The first-order valence-electron chi connectivity index (χ1n) is 7.81. The van der Waals surface area contributed by atoms with Gasteiger partial charge in [0.15, 0.2) is 0 Å². The van der Waals surface area contributed by atoms with Crippen molar-refractivity contribution >= 4 is 10.4 Å². The Hall–Kier alpha value is -0.210. The van der Waals surface area contributed by atoms with Crippen LogP contribution in [0.4, 0.5) is 0 Å². The van der Waals surface area contributed by atoms with Crippen LogP contribution in [0, 0.1) is 0 Å². The molecule has 0 bridgehead atoms. The molecule has 0 radical (unpaired) electrons. The van der Waals surface area contributed by atoms with Gasteiger partial charge in [0.25, 0.3) is 0 Å². The number of hydrogen-bond acceptors (Lipinski definition) is 5. The number of rotatable bonds is 13. The number of unbranched alkanes of at least 4 members (excludes halogenated alkanes) is 9. The molecule has 21 heavy (non-hydrogen) atoms. The maximum absolute atomic E-state index is 10.2. The lowest BCUT2D eigenvalue weighted by molar-refractivity contribution is 0.186. The highest BCUT2D eigenvalue weighted by Gasteiger charge is 2.02. The molecule has 0 aromatic rings. The highest BCUT2D eigenvalue weighted by atomic mass is 32.3. The number of hydrogen-bond donors (Lipinski definition) is 3. The van der Waals surface area contributed by atoms with Gasteiger partial charge in [-0.25, -0.2) is 4.18 Å². The summed E-state index contributed by atoms with van der Waals surface area (Å²) >= 11 is 0. The molecule has 0 heterocycles. The summed E-state index contributed by atoms with van der Waals surface area (Å²) in [7, 11) is -4.23. The van der Waals surface area contributed by atoms with E-state index in [9.17, 15) is 8.42 Å². The fourth-order valence-electron chi connectivity index (χ4n) is 1.75. The van der Waals surface area contributed by atoms with Crippen LogP contribution in [-0.2, 0) is 14.6 Å². The average Bonchev–Trinajstić information content (AvgIpc) is 2.44. The van der Waals surface area contributed by atoms with Crippen molar-refractivity contribution in [2.75, 3.05) is 19.8 Å². The molecule has 0 spiro atoms. The van der Waals surface area contributed by atoms with Crippen LogP contribution in [0.3, 0.4) is 0 Å². The third kappa shape index (κ3) is 28.6. The maximum Gasteiger partial charge on any atom is 0.397 e. The standard InChI is InChI=1S/C12H26O4S.C2H6O2/c1-2-3-4-5-6-7-8-9-10-11-12-16-17(13,14)15;3-1-2-4/h2-12H2,1H3,(H,13,14,15);3-4H,1-2H2. The van der Waals surface area contributed by atoms with E-state index in [0.717, 1.165) is 12.8 Å². The smallest absolute Gasteiger partial charge is 0.394 e. The van der Waals surface area contributed by atoms with Crippen molar-refractivity contribution < 1.29 is 27.4 Å². The predicted octanol–water partition coefficient (Wildman–Crippen LogP) is 2.70. The van der Waals surface area contributed by atoms with Crippen LogP contribution in [0.2, 0.25) is 0 Å². The molecular formula is C14H32O6S. The van der Waals surface area contributed by atoms with E-state index in [4.69, 9.17) is 14.8 Å². The maximum atomic E-state index is 10.2. The Morgan fingerprint density at radius 2 is 1.14 bits per heavy atom. The highest BCUT2D eigenvalue weighted by Crippen LogP contribution is 2.10. The van der Waals surface area contributed by atoms with Gasteiger partial charge in [-0.05, 0) is 6.42 Å². The molecule has 0 fully saturated rings. The minimum Gasteiger partial charge on any atom is -0.394 e. The molecule has 0 aliphatic heterocycles. The van der Waals surface area contributed by atoms with Gasteiger partial charge in [-0.3, -0.25) is 4.55 Å². The fraction of sp³-hybridized carbons (Fsp3) is 1.00. The molecule has 3 N–H and O–H groups in total. The van der Waals surface area contributed by atoms with Crippen LogP contribution in [-0.4, -0.2) is 43.0 Å². The molecule has 7 heteroatoms. The van der Waals surface area contributed by atoms with E-state index in [2.05, 4.69) is 11.1 Å². The zero-order chi connectivity index (χ0) is 16.4. The van der Waals surface area contributed by atoms with Gasteiger partial charge in [-0.15, -0.1) is 0 Å². The molecule has 0 unspecified atom stereocenters. The van der Waals surface area contributed by atoms with Gasteiger partial charge in [0.1, 0.15) is 0 Å². The lowest BCUT2D eigenvalue weighted by Crippen LogP contribution is -2.04. The monoisotopic (exact) mass is 328 g/mol. The van der Waals surface area contributed by atoms with Crippen molar-refractivity contribution in [2.45, 2.75) is 71.1 Å². The van der Waals surface area contributed by atoms with E-state index in [1.165, 1.54) is 44.9 Å². The van der Waals surface area contributed by atoms with Crippen molar-refractivity contribution in [3.63, 3.8) is 0 Å². The molecule has 0 aromatic heterocycles. The quantitative estimate of drug-likeness (QED) is 0.355. The summed E-state index contributed by atoms with van der Waals surface area (Å²) in [5.41, 5.74) is 0. The Labute approximate surface area is 129 Å². The van der Waals surface area contributed by atoms with Crippen LogP contribution in [0.15, 0.2) is 0 Å². The van der Waals surface area contributed by atoms with Crippen molar-refractivity contribution in [3.05, 3.63) is 0 Å². The Bertz CT molecular complexity index is 277. The topological polar surface area (TPSA) is 104 Å². The molecule has 130 valence electrons. The van der Waals surface area contributed by atoms with Gasteiger partial charge in [-0.1, -0.05) is 64.7 Å². The zero-order valence-corrected chi connectivity index (χ0v) is 14.0. The first-order valence-corrected chi connectivity index (χ1v) is 9.18. The molecule has 0 saturated heterocycles. The summed E-state index contributed by atoms with van der Waals surface area (Å²) in [6.07, 6.45) is 11.9. The van der Waals surface area contributed by atoms with Crippen LogP contribution < -0.4 is 0 Å². The van der Waals surface area contributed by atoms with Gasteiger partial charge in [0.2, 0.25) is 0 Å². The van der Waals surface area contributed by atoms with Crippen molar-refractivity contribution in [1.29, 1.82) is 0 Å². The van der Waals surface area contributed by atoms with Crippen LogP contribution in [0.1, 0.15) is 71.1 Å². The van der Waals surface area contributed by atoms with E-state index in [0.29, 0.717) is 6.42 Å². The third-order valence-corrected chi connectivity index (χ3v) is 3.29. The van der Waals surface area contributed by atoms with Gasteiger partial charge in [0.05, 0.1) is 19.8 Å². The van der Waals surface area contributed by atoms with Crippen LogP contribution in [0.25, 0.3) is 0 Å². The normalized spacial score (nSPS) is 11.0. The van der Waals surface area contributed by atoms with Crippen molar-refractivity contribution in [2.24, 2.45) is 0 Å². The third-order valence-electron chi connectivity index (χ3n) is 2.83. The largest absolute Gasteiger partial charge is 0.397 e. The summed E-state index contributed by atoms with van der Waals surface area (Å²) in [5, 5.41) is 15.2. The first-order chi connectivity index (χ1) is 9.97. The summed E-state index contributed by atoms with van der Waals surface area (Å²) in [5.74, 6) is 0. The lowest BCUT2D eigenvalue weighted by Gasteiger charge is -2.02. The minimum absolute atomic E-state index is 0.0926. The van der Waals surface area contributed by atoms with Gasteiger partial charge >= 0.3 is 10.4 Å². The Balaban J connectivity index is 0. The van der Waals surface area contributed by atoms with E-state index >= 15 is 0 Å². The molecule has 0 amide bonds. The van der Waals surface area contributed by atoms with Gasteiger partial charge in [-0.2, -0.15) is 8.42 Å². The summed E-state index contributed by atoms with van der Waals surface area (Å²) < 4.78 is 33.0. The van der Waals surface area contributed by atoms with Gasteiger partial charge < -0.3 is 10.2 Å².